The van der Waals surface area contributed by atoms with Crippen molar-refractivity contribution in [2.75, 3.05) is 13.7 Å². The molecule has 2 atom stereocenters. The molecule has 0 saturated carbocycles. The molecule has 6 nitrogen and oxygen atoms in total. The molecule has 0 radical (unpaired) electrons. The Kier molecular flexibility index (Phi) is 4.55. The van der Waals surface area contributed by atoms with Crippen molar-refractivity contribution in [3.8, 4) is 5.75 Å². The summed E-state index contributed by atoms with van der Waals surface area (Å²) in [7, 11) is 1.54. The van der Waals surface area contributed by atoms with Crippen LogP contribution in [0.25, 0.3) is 0 Å². The smallest absolute Gasteiger partial charge is 0.213 e. The molecule has 0 spiro atoms. The van der Waals surface area contributed by atoms with Crippen LogP contribution in [0.1, 0.15) is 36.7 Å². The molecule has 1 saturated heterocycles. The third-order valence-corrected chi connectivity index (χ3v) is 3.36. The Bertz CT molecular complexity index is 444. The summed E-state index contributed by atoms with van der Waals surface area (Å²) in [6.45, 7) is 3.19. The summed E-state index contributed by atoms with van der Waals surface area (Å²) in [6.07, 6.45) is 3.59. The van der Waals surface area contributed by atoms with Crippen LogP contribution in [0, 0.1) is 0 Å². The lowest BCUT2D eigenvalue weighted by atomic mass is 10.1. The first-order valence-corrected chi connectivity index (χ1v) is 6.70. The number of methoxy groups -OCH3 is 1. The topological polar surface area (TPSA) is 79.4 Å². The Morgan fingerprint density at radius 1 is 1.63 bits per heavy atom. The molecule has 1 aromatic rings. The minimum absolute atomic E-state index is 0.0116. The second kappa shape index (κ2) is 6.16. The third kappa shape index (κ3) is 2.79. The van der Waals surface area contributed by atoms with Crippen molar-refractivity contribution < 1.29 is 14.3 Å². The largest absolute Gasteiger partial charge is 0.493 e. The van der Waals surface area contributed by atoms with Gasteiger partial charge in [0.15, 0.2) is 5.75 Å². The van der Waals surface area contributed by atoms with Crippen LogP contribution < -0.4 is 10.5 Å². The maximum atomic E-state index is 12.5. The summed E-state index contributed by atoms with van der Waals surface area (Å²) in [6, 6.07) is 0. The Morgan fingerprint density at radius 2 is 2.42 bits per heavy atom. The molecular weight excluding hydrogens is 246 g/mol. The van der Waals surface area contributed by atoms with Crippen LogP contribution in [0.5, 0.6) is 5.75 Å². The summed E-state index contributed by atoms with van der Waals surface area (Å²) < 4.78 is 12.6. The second-order valence-electron chi connectivity index (χ2n) is 4.71. The SMILES string of the molecule is CCCn1ncc(OC)c1C(=O)C1CCC(CN)O1. The summed E-state index contributed by atoms with van der Waals surface area (Å²) >= 11 is 0. The highest BCUT2D eigenvalue weighted by Crippen LogP contribution is 2.26. The van der Waals surface area contributed by atoms with E-state index in [1.807, 2.05) is 6.92 Å². The van der Waals surface area contributed by atoms with Gasteiger partial charge in [-0.25, -0.2) is 0 Å². The number of Topliss-reactive ketones (excluding diaryl/α,β-unsaturated/α-hetero) is 1. The molecule has 1 aliphatic rings. The van der Waals surface area contributed by atoms with E-state index in [4.69, 9.17) is 15.2 Å². The molecule has 0 aromatic carbocycles. The fourth-order valence-corrected chi connectivity index (χ4v) is 2.37. The van der Waals surface area contributed by atoms with Gasteiger partial charge in [-0.2, -0.15) is 5.10 Å². The Balaban J connectivity index is 2.20. The van der Waals surface area contributed by atoms with E-state index >= 15 is 0 Å². The van der Waals surface area contributed by atoms with Crippen LogP contribution in [-0.2, 0) is 11.3 Å². The van der Waals surface area contributed by atoms with Crippen molar-refractivity contribution in [3.05, 3.63) is 11.9 Å². The molecule has 2 heterocycles. The molecule has 1 aliphatic heterocycles. The van der Waals surface area contributed by atoms with Gasteiger partial charge in [-0.05, 0) is 19.3 Å². The van der Waals surface area contributed by atoms with Gasteiger partial charge in [-0.3, -0.25) is 9.48 Å². The molecule has 2 rings (SSSR count). The monoisotopic (exact) mass is 267 g/mol. The van der Waals surface area contributed by atoms with Crippen molar-refractivity contribution in [2.24, 2.45) is 5.73 Å². The van der Waals surface area contributed by atoms with Gasteiger partial charge in [0.25, 0.3) is 0 Å². The first kappa shape index (κ1) is 14.0. The number of aryl methyl sites for hydroxylation is 1. The lowest BCUT2D eigenvalue weighted by Gasteiger charge is -2.13. The highest BCUT2D eigenvalue weighted by molar-refractivity contribution is 6.00. The lowest BCUT2D eigenvalue weighted by molar-refractivity contribution is 0.0393. The molecule has 0 amide bonds. The standard InChI is InChI=1S/C13H21N3O3/c1-3-6-16-12(11(18-2)8-15-16)13(17)10-5-4-9(7-14)19-10/h8-10H,3-7,14H2,1-2H3. The quantitative estimate of drug-likeness (QED) is 0.777. The van der Waals surface area contributed by atoms with Crippen molar-refractivity contribution in [3.63, 3.8) is 0 Å². The molecule has 1 fully saturated rings. The molecule has 1 aromatic heterocycles. The minimum Gasteiger partial charge on any atom is -0.493 e. The molecule has 0 bridgehead atoms. The fourth-order valence-electron chi connectivity index (χ4n) is 2.37. The predicted molar refractivity (Wildman–Crippen MR) is 70.3 cm³/mol. The first-order valence-electron chi connectivity index (χ1n) is 6.70. The number of ketones is 1. The summed E-state index contributed by atoms with van der Waals surface area (Å²) in [5.74, 6) is 0.456. The number of hydrogen-bond acceptors (Lipinski definition) is 5. The van der Waals surface area contributed by atoms with Gasteiger partial charge in [-0.1, -0.05) is 6.92 Å². The van der Waals surface area contributed by atoms with Gasteiger partial charge in [0.2, 0.25) is 5.78 Å². The van der Waals surface area contributed by atoms with Crippen molar-refractivity contribution in [1.82, 2.24) is 9.78 Å². The van der Waals surface area contributed by atoms with Crippen LogP contribution in [0.4, 0.5) is 0 Å². The molecule has 2 unspecified atom stereocenters. The van der Waals surface area contributed by atoms with Crippen molar-refractivity contribution in [1.29, 1.82) is 0 Å². The van der Waals surface area contributed by atoms with Gasteiger partial charge in [0.05, 0.1) is 19.4 Å². The number of rotatable bonds is 6. The number of hydrogen-bond donors (Lipinski definition) is 1. The van der Waals surface area contributed by atoms with Gasteiger partial charge in [0.1, 0.15) is 11.8 Å². The van der Waals surface area contributed by atoms with Gasteiger partial charge >= 0.3 is 0 Å². The zero-order valence-electron chi connectivity index (χ0n) is 11.5. The number of carbonyl (C=O) groups is 1. The summed E-state index contributed by atoms with van der Waals surface area (Å²) in [5, 5.41) is 4.20. The van der Waals surface area contributed by atoms with Crippen LogP contribution in [0.2, 0.25) is 0 Å². The van der Waals surface area contributed by atoms with Crippen LogP contribution in [0.15, 0.2) is 6.20 Å². The number of aromatic nitrogens is 2. The Hall–Kier alpha value is -1.40. The van der Waals surface area contributed by atoms with Crippen molar-refractivity contribution in [2.45, 2.75) is 44.9 Å². The van der Waals surface area contributed by atoms with E-state index in [1.165, 1.54) is 0 Å². The second-order valence-corrected chi connectivity index (χ2v) is 4.71. The van der Waals surface area contributed by atoms with E-state index in [-0.39, 0.29) is 11.9 Å². The summed E-state index contributed by atoms with van der Waals surface area (Å²) in [5.41, 5.74) is 6.08. The average Bonchev–Trinajstić information content (AvgIpc) is 3.04. The first-order chi connectivity index (χ1) is 9.21. The Labute approximate surface area is 112 Å². The normalized spacial score (nSPS) is 22.7. The van der Waals surface area contributed by atoms with Gasteiger partial charge in [-0.15, -0.1) is 0 Å². The highest BCUT2D eigenvalue weighted by atomic mass is 16.5. The number of carbonyl (C=O) groups excluding carboxylic acids is 1. The Morgan fingerprint density at radius 3 is 3.00 bits per heavy atom. The average molecular weight is 267 g/mol. The van der Waals surface area contributed by atoms with E-state index in [1.54, 1.807) is 18.0 Å². The van der Waals surface area contributed by atoms with Crippen LogP contribution in [-0.4, -0.2) is 41.4 Å². The molecular formula is C13H21N3O3. The molecule has 19 heavy (non-hydrogen) atoms. The van der Waals surface area contributed by atoms with Crippen LogP contribution >= 0.6 is 0 Å². The number of nitrogens with two attached hydrogens (primary N) is 1. The molecule has 0 aliphatic carbocycles. The predicted octanol–water partition coefficient (Wildman–Crippen LogP) is 0.991. The third-order valence-electron chi connectivity index (χ3n) is 3.36. The molecule has 2 N–H and O–H groups in total. The van der Waals surface area contributed by atoms with E-state index < -0.39 is 6.10 Å². The zero-order chi connectivity index (χ0) is 13.8. The van der Waals surface area contributed by atoms with E-state index in [0.29, 0.717) is 31.0 Å². The summed E-state index contributed by atoms with van der Waals surface area (Å²) in [4.78, 5) is 12.5. The van der Waals surface area contributed by atoms with Gasteiger partial charge in [0, 0.05) is 13.1 Å². The zero-order valence-corrected chi connectivity index (χ0v) is 11.5. The van der Waals surface area contributed by atoms with E-state index in [0.717, 1.165) is 12.8 Å². The number of nitrogens with zero attached hydrogens (tertiary/aromatic N) is 2. The molecule has 106 valence electrons. The number of ether oxygens (including phenoxy) is 2. The van der Waals surface area contributed by atoms with Gasteiger partial charge < -0.3 is 15.2 Å². The van der Waals surface area contributed by atoms with E-state index in [9.17, 15) is 4.79 Å². The maximum Gasteiger partial charge on any atom is 0.213 e. The highest BCUT2D eigenvalue weighted by Gasteiger charge is 2.34. The maximum absolute atomic E-state index is 12.5. The lowest BCUT2D eigenvalue weighted by Crippen LogP contribution is -2.27. The van der Waals surface area contributed by atoms with Crippen molar-refractivity contribution >= 4 is 5.78 Å². The van der Waals surface area contributed by atoms with E-state index in [2.05, 4.69) is 5.10 Å². The van der Waals surface area contributed by atoms with Crippen LogP contribution in [0.3, 0.4) is 0 Å². The molecule has 6 heteroatoms. The minimum atomic E-state index is -0.422. The fraction of sp³-hybridized carbons (Fsp3) is 0.692.